The van der Waals surface area contributed by atoms with Gasteiger partial charge in [0.05, 0.1) is 12.1 Å². The molecule has 1 heterocycles. The van der Waals surface area contributed by atoms with Crippen molar-refractivity contribution in [1.29, 1.82) is 5.26 Å². The summed E-state index contributed by atoms with van der Waals surface area (Å²) in [6.45, 7) is 0.995. The van der Waals surface area contributed by atoms with Crippen LogP contribution in [0.4, 0.5) is 0 Å². The van der Waals surface area contributed by atoms with Crippen LogP contribution in [0.15, 0.2) is 0 Å². The molecule has 0 aromatic heterocycles. The van der Waals surface area contributed by atoms with Crippen molar-refractivity contribution in [2.45, 2.75) is 18.9 Å². The third-order valence-corrected chi connectivity index (χ3v) is 1.29. The molecule has 1 fully saturated rings. The molecule has 1 unspecified atom stereocenters. The van der Waals surface area contributed by atoms with Gasteiger partial charge in [0.15, 0.2) is 0 Å². The van der Waals surface area contributed by atoms with Gasteiger partial charge in [-0.3, -0.25) is 0 Å². The van der Waals surface area contributed by atoms with Gasteiger partial charge in [-0.2, -0.15) is 5.26 Å². The number of hydrogen-bond donors (Lipinski definition) is 1. The zero-order valence-electron chi connectivity index (χ0n) is 4.72. The molecule has 0 aromatic carbocycles. The van der Waals surface area contributed by atoms with E-state index in [1.54, 1.807) is 0 Å². The standard InChI is InChI=1S/C6H9N2/c7-5-6-3-1-2-4-8-6/h3,6,8H,1-2,4H2. The topological polar surface area (TPSA) is 35.8 Å². The SMILES string of the molecule is N#CC1[CH]CCCN1. The maximum Gasteiger partial charge on any atom is 0.0985 e. The van der Waals surface area contributed by atoms with E-state index < -0.39 is 0 Å². The van der Waals surface area contributed by atoms with E-state index in [0.717, 1.165) is 13.0 Å². The minimum Gasteiger partial charge on any atom is -0.302 e. The minimum atomic E-state index is 0.0174. The van der Waals surface area contributed by atoms with Crippen LogP contribution >= 0.6 is 0 Å². The van der Waals surface area contributed by atoms with E-state index in [0.29, 0.717) is 0 Å². The molecule has 2 heteroatoms. The van der Waals surface area contributed by atoms with Crippen molar-refractivity contribution >= 4 is 0 Å². The summed E-state index contributed by atoms with van der Waals surface area (Å²) in [6.07, 6.45) is 4.28. The molecule has 2 nitrogen and oxygen atoms in total. The van der Waals surface area contributed by atoms with Gasteiger partial charge in [-0.1, -0.05) is 0 Å². The number of nitrogens with zero attached hydrogens (tertiary/aromatic N) is 1. The lowest BCUT2D eigenvalue weighted by Gasteiger charge is -2.15. The Hall–Kier alpha value is -0.550. The molecule has 1 atom stereocenters. The van der Waals surface area contributed by atoms with Crippen molar-refractivity contribution in [3.8, 4) is 6.07 Å². The first-order chi connectivity index (χ1) is 3.93. The zero-order chi connectivity index (χ0) is 5.82. The third kappa shape index (κ3) is 1.21. The second-order valence-electron chi connectivity index (χ2n) is 1.94. The van der Waals surface area contributed by atoms with E-state index in [1.807, 2.05) is 6.42 Å². The molecule has 1 radical (unpaired) electrons. The van der Waals surface area contributed by atoms with Crippen LogP contribution in [-0.4, -0.2) is 12.6 Å². The van der Waals surface area contributed by atoms with Crippen molar-refractivity contribution in [3.63, 3.8) is 0 Å². The van der Waals surface area contributed by atoms with Gasteiger partial charge in [0.2, 0.25) is 0 Å². The van der Waals surface area contributed by atoms with Crippen molar-refractivity contribution in [2.24, 2.45) is 0 Å². The highest BCUT2D eigenvalue weighted by Gasteiger charge is 2.09. The number of nitriles is 1. The summed E-state index contributed by atoms with van der Waals surface area (Å²) in [5.74, 6) is 0. The summed E-state index contributed by atoms with van der Waals surface area (Å²) in [5.41, 5.74) is 0. The maximum absolute atomic E-state index is 8.35. The van der Waals surface area contributed by atoms with Gasteiger partial charge in [0.25, 0.3) is 0 Å². The average molecular weight is 109 g/mol. The van der Waals surface area contributed by atoms with Gasteiger partial charge in [0, 0.05) is 0 Å². The van der Waals surface area contributed by atoms with Crippen LogP contribution in [0.3, 0.4) is 0 Å². The second-order valence-corrected chi connectivity index (χ2v) is 1.94. The lowest BCUT2D eigenvalue weighted by molar-refractivity contribution is 0.547. The second kappa shape index (κ2) is 2.68. The molecule has 8 heavy (non-hydrogen) atoms. The molecular weight excluding hydrogens is 100 g/mol. The third-order valence-electron chi connectivity index (χ3n) is 1.29. The Kier molecular flexibility index (Phi) is 1.87. The molecule has 1 saturated heterocycles. The highest BCUT2D eigenvalue weighted by atomic mass is 14.9. The highest BCUT2D eigenvalue weighted by Crippen LogP contribution is 2.03. The first-order valence-electron chi connectivity index (χ1n) is 2.90. The smallest absolute Gasteiger partial charge is 0.0985 e. The van der Waals surface area contributed by atoms with Crippen molar-refractivity contribution in [2.75, 3.05) is 6.54 Å². The number of piperidine rings is 1. The molecule has 0 aliphatic carbocycles. The number of rotatable bonds is 0. The lowest BCUT2D eigenvalue weighted by Crippen LogP contribution is -2.32. The predicted octanol–water partition coefficient (Wildman–Crippen LogP) is 0.466. The van der Waals surface area contributed by atoms with Gasteiger partial charge >= 0.3 is 0 Å². The molecule has 1 N–H and O–H groups in total. The van der Waals surface area contributed by atoms with Crippen LogP contribution in [0.1, 0.15) is 12.8 Å². The van der Waals surface area contributed by atoms with E-state index >= 15 is 0 Å². The summed E-state index contributed by atoms with van der Waals surface area (Å²) >= 11 is 0. The normalized spacial score (nSPS) is 29.1. The molecule has 43 valence electrons. The number of hydrogen-bond acceptors (Lipinski definition) is 2. The lowest BCUT2D eigenvalue weighted by atomic mass is 10.1. The Morgan fingerprint density at radius 3 is 3.00 bits per heavy atom. The van der Waals surface area contributed by atoms with Gasteiger partial charge in [-0.05, 0) is 25.8 Å². The fourth-order valence-corrected chi connectivity index (χ4v) is 0.826. The van der Waals surface area contributed by atoms with E-state index in [2.05, 4.69) is 11.4 Å². The summed E-state index contributed by atoms with van der Waals surface area (Å²) in [4.78, 5) is 0. The van der Waals surface area contributed by atoms with Crippen LogP contribution < -0.4 is 5.32 Å². The Balaban J connectivity index is 2.25. The molecule has 0 spiro atoms. The monoisotopic (exact) mass is 109 g/mol. The summed E-state index contributed by atoms with van der Waals surface area (Å²) < 4.78 is 0. The quantitative estimate of drug-likeness (QED) is 0.490. The van der Waals surface area contributed by atoms with E-state index in [4.69, 9.17) is 5.26 Å². The molecule has 0 aromatic rings. The van der Waals surface area contributed by atoms with Crippen molar-refractivity contribution < 1.29 is 0 Å². The largest absolute Gasteiger partial charge is 0.302 e. The van der Waals surface area contributed by atoms with Crippen LogP contribution in [0.2, 0.25) is 0 Å². The molecule has 1 rings (SSSR count). The highest BCUT2D eigenvalue weighted by molar-refractivity contribution is 5.01. The van der Waals surface area contributed by atoms with Crippen LogP contribution in [-0.2, 0) is 0 Å². The van der Waals surface area contributed by atoms with Crippen molar-refractivity contribution in [3.05, 3.63) is 6.42 Å². The summed E-state index contributed by atoms with van der Waals surface area (Å²) in [5, 5.41) is 11.4. The van der Waals surface area contributed by atoms with E-state index in [1.165, 1.54) is 6.42 Å². The predicted molar refractivity (Wildman–Crippen MR) is 30.9 cm³/mol. The summed E-state index contributed by atoms with van der Waals surface area (Å²) in [7, 11) is 0. The first kappa shape index (κ1) is 5.58. The fraction of sp³-hybridized carbons (Fsp3) is 0.667. The average Bonchev–Trinajstić information content (AvgIpc) is 1.90. The zero-order valence-corrected chi connectivity index (χ0v) is 4.72. The molecule has 1 aliphatic rings. The van der Waals surface area contributed by atoms with Crippen molar-refractivity contribution in [1.82, 2.24) is 5.32 Å². The van der Waals surface area contributed by atoms with Crippen LogP contribution in [0, 0.1) is 17.8 Å². The Bertz CT molecular complexity index is 97.6. The van der Waals surface area contributed by atoms with Gasteiger partial charge in [-0.15, -0.1) is 0 Å². The Labute approximate surface area is 49.5 Å². The van der Waals surface area contributed by atoms with Gasteiger partial charge in [0.1, 0.15) is 0 Å². The summed E-state index contributed by atoms with van der Waals surface area (Å²) in [6, 6.07) is 2.15. The van der Waals surface area contributed by atoms with Gasteiger partial charge in [-0.25, -0.2) is 0 Å². The molecule has 0 bridgehead atoms. The first-order valence-corrected chi connectivity index (χ1v) is 2.90. The van der Waals surface area contributed by atoms with E-state index in [-0.39, 0.29) is 6.04 Å². The maximum atomic E-state index is 8.35. The van der Waals surface area contributed by atoms with Gasteiger partial charge < -0.3 is 5.32 Å². The molecular formula is C6H9N2. The van der Waals surface area contributed by atoms with Crippen LogP contribution in [0.5, 0.6) is 0 Å². The van der Waals surface area contributed by atoms with E-state index in [9.17, 15) is 0 Å². The Morgan fingerprint density at radius 1 is 1.75 bits per heavy atom. The Morgan fingerprint density at radius 2 is 2.62 bits per heavy atom. The molecule has 0 amide bonds. The number of nitrogens with one attached hydrogen (secondary N) is 1. The fourth-order valence-electron chi connectivity index (χ4n) is 0.826. The molecule has 1 aliphatic heterocycles. The van der Waals surface area contributed by atoms with Crippen LogP contribution in [0.25, 0.3) is 0 Å². The minimum absolute atomic E-state index is 0.0174. The molecule has 0 saturated carbocycles.